The van der Waals surface area contributed by atoms with E-state index in [1.807, 2.05) is 0 Å². The second-order valence-electron chi connectivity index (χ2n) is 5.57. The molecular formula is C18H9FN2O5. The molecule has 8 heteroatoms. The lowest BCUT2D eigenvalue weighted by Gasteiger charge is -2.12. The van der Waals surface area contributed by atoms with Gasteiger partial charge in [0.2, 0.25) is 0 Å². The Balaban J connectivity index is 1.67. The molecule has 0 saturated heterocycles. The highest BCUT2D eigenvalue weighted by Gasteiger charge is 2.39. The lowest BCUT2D eigenvalue weighted by molar-refractivity contribution is -0.0585. The Labute approximate surface area is 144 Å². The predicted octanol–water partition coefficient (Wildman–Crippen LogP) is 2.04. The van der Waals surface area contributed by atoms with Gasteiger partial charge < -0.3 is 9.82 Å². The van der Waals surface area contributed by atoms with Crippen LogP contribution in [0.4, 0.5) is 4.39 Å². The number of benzene rings is 2. The lowest BCUT2D eigenvalue weighted by Crippen LogP contribution is -2.34. The monoisotopic (exact) mass is 352 g/mol. The molecule has 128 valence electrons. The molecule has 1 aromatic heterocycles. The number of aromatic nitrogens is 1. The van der Waals surface area contributed by atoms with Crippen LogP contribution in [0, 0.1) is 5.82 Å². The molecule has 2 heterocycles. The first kappa shape index (κ1) is 15.7. The fraction of sp³-hybridized carbons (Fsp3) is 0. The van der Waals surface area contributed by atoms with E-state index in [0.717, 1.165) is 6.07 Å². The molecule has 1 aliphatic heterocycles. The fourth-order valence-electron chi connectivity index (χ4n) is 2.71. The van der Waals surface area contributed by atoms with Crippen LogP contribution in [0.15, 0.2) is 53.3 Å². The summed E-state index contributed by atoms with van der Waals surface area (Å²) in [5.41, 5.74) is -0.834. The van der Waals surface area contributed by atoms with Gasteiger partial charge in [-0.2, -0.15) is 0 Å². The van der Waals surface area contributed by atoms with E-state index in [4.69, 9.17) is 4.84 Å². The van der Waals surface area contributed by atoms with E-state index in [1.165, 1.54) is 30.3 Å². The van der Waals surface area contributed by atoms with E-state index in [1.54, 1.807) is 12.1 Å². The lowest BCUT2D eigenvalue weighted by atomic mass is 10.1. The number of amides is 2. The van der Waals surface area contributed by atoms with Gasteiger partial charge in [-0.15, -0.1) is 0 Å². The van der Waals surface area contributed by atoms with Gasteiger partial charge in [0.15, 0.2) is 0 Å². The van der Waals surface area contributed by atoms with Crippen LogP contribution in [-0.4, -0.2) is 27.8 Å². The Bertz CT molecular complexity index is 1130. The summed E-state index contributed by atoms with van der Waals surface area (Å²) in [6.45, 7) is 0. The molecule has 26 heavy (non-hydrogen) atoms. The number of H-pyrrole nitrogens is 1. The molecule has 0 saturated carbocycles. The average Bonchev–Trinajstić information content (AvgIpc) is 2.86. The number of rotatable bonds is 2. The number of hydroxylamine groups is 2. The van der Waals surface area contributed by atoms with Crippen molar-refractivity contribution in [2.45, 2.75) is 0 Å². The average molecular weight is 352 g/mol. The third-order valence-corrected chi connectivity index (χ3v) is 3.96. The normalized spacial score (nSPS) is 13.2. The third kappa shape index (κ3) is 2.35. The molecule has 0 spiro atoms. The van der Waals surface area contributed by atoms with Crippen molar-refractivity contribution in [2.24, 2.45) is 0 Å². The van der Waals surface area contributed by atoms with Crippen molar-refractivity contribution in [3.63, 3.8) is 0 Å². The molecule has 1 N–H and O–H groups in total. The number of nitrogens with one attached hydrogen (secondary N) is 1. The summed E-state index contributed by atoms with van der Waals surface area (Å²) in [5, 5.41) is 0.710. The smallest absolute Gasteiger partial charge is 0.324 e. The summed E-state index contributed by atoms with van der Waals surface area (Å²) in [6, 6.07) is 10.9. The van der Waals surface area contributed by atoms with E-state index in [2.05, 4.69) is 4.98 Å². The first-order valence-corrected chi connectivity index (χ1v) is 7.48. The van der Waals surface area contributed by atoms with Crippen LogP contribution >= 0.6 is 0 Å². The highest BCUT2D eigenvalue weighted by molar-refractivity contribution is 6.21. The summed E-state index contributed by atoms with van der Waals surface area (Å²) < 4.78 is 13.2. The maximum atomic E-state index is 13.2. The Morgan fingerprint density at radius 1 is 0.962 bits per heavy atom. The number of hydrogen-bond donors (Lipinski definition) is 1. The molecule has 2 aromatic carbocycles. The van der Waals surface area contributed by atoms with Gasteiger partial charge in [-0.1, -0.05) is 17.2 Å². The number of fused-ring (bicyclic) bond motifs is 2. The standard InChI is InChI=1S/C18H9FN2O5/c19-10-6-5-9-7-13(15(22)20-14(9)8-10)18(25)26-21-16(23)11-3-1-2-4-12(11)17(21)24/h1-8H,(H,20,22). The summed E-state index contributed by atoms with van der Waals surface area (Å²) in [6.07, 6.45) is 0. The SMILES string of the molecule is O=C(ON1C(=O)c2ccccc2C1=O)c1cc2ccc(F)cc2[nH]c1=O. The number of halogens is 1. The first-order valence-electron chi connectivity index (χ1n) is 7.48. The second kappa shape index (κ2) is 5.62. The molecule has 0 fully saturated rings. The minimum atomic E-state index is -1.17. The highest BCUT2D eigenvalue weighted by atomic mass is 19.1. The Morgan fingerprint density at radius 3 is 2.27 bits per heavy atom. The van der Waals surface area contributed by atoms with Crippen LogP contribution in [0.2, 0.25) is 0 Å². The zero-order valence-corrected chi connectivity index (χ0v) is 13.0. The summed E-state index contributed by atoms with van der Waals surface area (Å²) in [5.74, 6) is -3.31. The maximum Gasteiger partial charge on any atom is 0.369 e. The van der Waals surface area contributed by atoms with Gasteiger partial charge in [0.25, 0.3) is 17.4 Å². The van der Waals surface area contributed by atoms with Gasteiger partial charge >= 0.3 is 5.97 Å². The van der Waals surface area contributed by atoms with E-state index >= 15 is 0 Å². The molecule has 1 aliphatic rings. The predicted molar refractivity (Wildman–Crippen MR) is 86.9 cm³/mol. The van der Waals surface area contributed by atoms with Crippen LogP contribution in [0.25, 0.3) is 10.9 Å². The quantitative estimate of drug-likeness (QED) is 0.712. The fourth-order valence-corrected chi connectivity index (χ4v) is 2.71. The van der Waals surface area contributed by atoms with Crippen LogP contribution in [0.5, 0.6) is 0 Å². The van der Waals surface area contributed by atoms with Crippen molar-refractivity contribution in [1.82, 2.24) is 10.0 Å². The van der Waals surface area contributed by atoms with Crippen LogP contribution in [0.1, 0.15) is 31.1 Å². The molecule has 0 unspecified atom stereocenters. The van der Waals surface area contributed by atoms with Crippen molar-refractivity contribution >= 4 is 28.7 Å². The number of nitrogens with zero attached hydrogens (tertiary/aromatic N) is 1. The van der Waals surface area contributed by atoms with Crippen LogP contribution in [-0.2, 0) is 4.84 Å². The van der Waals surface area contributed by atoms with Crippen LogP contribution in [0.3, 0.4) is 0 Å². The molecule has 4 rings (SSSR count). The Hall–Kier alpha value is -3.81. The Morgan fingerprint density at radius 2 is 1.62 bits per heavy atom. The van der Waals surface area contributed by atoms with E-state index in [0.29, 0.717) is 10.4 Å². The largest absolute Gasteiger partial charge is 0.369 e. The number of pyridine rings is 1. The van der Waals surface area contributed by atoms with Gasteiger partial charge in [0.1, 0.15) is 11.4 Å². The van der Waals surface area contributed by atoms with E-state index in [-0.39, 0.29) is 16.6 Å². The van der Waals surface area contributed by atoms with E-state index < -0.39 is 34.7 Å². The number of carbonyl (C=O) groups is 3. The van der Waals surface area contributed by atoms with Crippen molar-refractivity contribution in [1.29, 1.82) is 0 Å². The molecule has 3 aromatic rings. The van der Waals surface area contributed by atoms with Gasteiger partial charge in [-0.05, 0) is 41.8 Å². The zero-order valence-electron chi connectivity index (χ0n) is 13.0. The highest BCUT2D eigenvalue weighted by Crippen LogP contribution is 2.23. The van der Waals surface area contributed by atoms with E-state index in [9.17, 15) is 23.6 Å². The van der Waals surface area contributed by atoms with Crippen molar-refractivity contribution < 1.29 is 23.6 Å². The van der Waals surface area contributed by atoms with Crippen molar-refractivity contribution in [3.05, 3.63) is 81.4 Å². The number of imide groups is 1. The Kier molecular flexibility index (Phi) is 3.40. The molecule has 0 bridgehead atoms. The van der Waals surface area contributed by atoms with Gasteiger partial charge in [0, 0.05) is 0 Å². The van der Waals surface area contributed by atoms with Gasteiger partial charge in [0.05, 0.1) is 16.6 Å². The van der Waals surface area contributed by atoms with Crippen molar-refractivity contribution in [2.75, 3.05) is 0 Å². The minimum absolute atomic E-state index is 0.105. The number of hydrogen-bond acceptors (Lipinski definition) is 5. The summed E-state index contributed by atoms with van der Waals surface area (Å²) in [7, 11) is 0. The zero-order chi connectivity index (χ0) is 18.4. The topological polar surface area (TPSA) is 96.5 Å². The number of aromatic amines is 1. The molecule has 7 nitrogen and oxygen atoms in total. The molecule has 0 aliphatic carbocycles. The van der Waals surface area contributed by atoms with Crippen LogP contribution < -0.4 is 5.56 Å². The molecular weight excluding hydrogens is 343 g/mol. The van der Waals surface area contributed by atoms with Gasteiger partial charge in [-0.3, -0.25) is 14.4 Å². The molecule has 0 radical (unpaired) electrons. The summed E-state index contributed by atoms with van der Waals surface area (Å²) >= 11 is 0. The molecule has 2 amide bonds. The minimum Gasteiger partial charge on any atom is -0.324 e. The maximum absolute atomic E-state index is 13.2. The third-order valence-electron chi connectivity index (χ3n) is 3.96. The number of carbonyl (C=O) groups excluding carboxylic acids is 3. The first-order chi connectivity index (χ1) is 12.5. The van der Waals surface area contributed by atoms with Crippen molar-refractivity contribution in [3.8, 4) is 0 Å². The van der Waals surface area contributed by atoms with Gasteiger partial charge in [-0.25, -0.2) is 9.18 Å². The molecule has 0 atom stereocenters. The second-order valence-corrected chi connectivity index (χ2v) is 5.57. The summed E-state index contributed by atoms with van der Waals surface area (Å²) in [4.78, 5) is 56.0.